The molecule has 0 aliphatic carbocycles. The summed E-state index contributed by atoms with van der Waals surface area (Å²) in [7, 11) is 2.99. The topological polar surface area (TPSA) is 141 Å². The van der Waals surface area contributed by atoms with Crippen LogP contribution in [0.15, 0.2) is 22.7 Å². The minimum absolute atomic E-state index is 0.0707. The van der Waals surface area contributed by atoms with E-state index in [0.29, 0.717) is 27.0 Å². The highest BCUT2D eigenvalue weighted by atomic mass is 79.9. The molecule has 1 atom stereocenters. The first-order valence-corrected chi connectivity index (χ1v) is 10.3. The number of nitrogens with zero attached hydrogens (tertiary/aromatic N) is 4. The second-order valence-corrected chi connectivity index (χ2v) is 7.63. The Balaban J connectivity index is 2.07. The molecule has 32 heavy (non-hydrogen) atoms. The number of rotatable bonds is 7. The van der Waals surface area contributed by atoms with Crippen molar-refractivity contribution >= 4 is 33.6 Å². The minimum Gasteiger partial charge on any atom is -0.496 e. The van der Waals surface area contributed by atoms with E-state index in [1.54, 1.807) is 32.0 Å². The SMILES string of the molecule is CNC(=O)c1[nH]c(-c2nnn(C(C)OC(C)=O)n2)c(C)c1C(=O)c1ccc(OC)c(Br)c1. The maximum atomic E-state index is 13.4. The van der Waals surface area contributed by atoms with Gasteiger partial charge in [0.1, 0.15) is 11.4 Å². The molecular formula is C20H21BrN6O5. The molecule has 0 fully saturated rings. The lowest BCUT2D eigenvalue weighted by molar-refractivity contribution is -0.151. The molecule has 12 heteroatoms. The lowest BCUT2D eigenvalue weighted by Gasteiger charge is -2.08. The summed E-state index contributed by atoms with van der Waals surface area (Å²) in [4.78, 5) is 41.1. The minimum atomic E-state index is -0.778. The first kappa shape index (κ1) is 23.1. The molecule has 3 rings (SSSR count). The van der Waals surface area contributed by atoms with Gasteiger partial charge in [-0.2, -0.15) is 0 Å². The van der Waals surface area contributed by atoms with E-state index < -0.39 is 18.1 Å². The van der Waals surface area contributed by atoms with Crippen molar-refractivity contribution in [3.8, 4) is 17.3 Å². The second kappa shape index (κ2) is 9.30. The monoisotopic (exact) mass is 504 g/mol. The Hall–Kier alpha value is -3.54. The number of nitrogens with one attached hydrogen (secondary N) is 2. The van der Waals surface area contributed by atoms with Crippen molar-refractivity contribution in [2.24, 2.45) is 0 Å². The fourth-order valence-corrected chi connectivity index (χ4v) is 3.66. The number of tetrazole rings is 1. The van der Waals surface area contributed by atoms with Gasteiger partial charge < -0.3 is 19.8 Å². The highest BCUT2D eigenvalue weighted by Gasteiger charge is 2.28. The number of amides is 1. The van der Waals surface area contributed by atoms with E-state index >= 15 is 0 Å². The normalized spacial score (nSPS) is 11.7. The van der Waals surface area contributed by atoms with Gasteiger partial charge in [0.2, 0.25) is 12.1 Å². The van der Waals surface area contributed by atoms with Crippen LogP contribution in [0.4, 0.5) is 0 Å². The summed E-state index contributed by atoms with van der Waals surface area (Å²) in [6.07, 6.45) is -0.778. The molecule has 2 N–H and O–H groups in total. The van der Waals surface area contributed by atoms with Crippen LogP contribution in [0.1, 0.15) is 52.0 Å². The summed E-state index contributed by atoms with van der Waals surface area (Å²) in [6, 6.07) is 4.89. The molecular weight excluding hydrogens is 484 g/mol. The zero-order valence-corrected chi connectivity index (χ0v) is 19.6. The predicted molar refractivity (Wildman–Crippen MR) is 116 cm³/mol. The van der Waals surface area contributed by atoms with Crippen LogP contribution in [-0.4, -0.2) is 57.0 Å². The van der Waals surface area contributed by atoms with Crippen LogP contribution < -0.4 is 10.1 Å². The van der Waals surface area contributed by atoms with Crippen LogP contribution in [0.3, 0.4) is 0 Å². The maximum Gasteiger partial charge on any atom is 0.304 e. The lowest BCUT2D eigenvalue weighted by atomic mass is 9.98. The van der Waals surface area contributed by atoms with Crippen molar-refractivity contribution in [2.45, 2.75) is 27.0 Å². The summed E-state index contributed by atoms with van der Waals surface area (Å²) in [6.45, 7) is 4.54. The van der Waals surface area contributed by atoms with Crippen molar-refractivity contribution in [3.05, 3.63) is 45.1 Å². The summed E-state index contributed by atoms with van der Waals surface area (Å²) < 4.78 is 10.9. The van der Waals surface area contributed by atoms with E-state index in [-0.39, 0.29) is 22.9 Å². The Morgan fingerprint density at radius 3 is 2.59 bits per heavy atom. The number of halogens is 1. The van der Waals surface area contributed by atoms with E-state index in [2.05, 4.69) is 41.6 Å². The zero-order valence-electron chi connectivity index (χ0n) is 18.0. The molecule has 3 aromatic rings. The van der Waals surface area contributed by atoms with Crippen molar-refractivity contribution in [3.63, 3.8) is 0 Å². The molecule has 1 unspecified atom stereocenters. The fourth-order valence-electron chi connectivity index (χ4n) is 3.12. The maximum absolute atomic E-state index is 13.4. The smallest absolute Gasteiger partial charge is 0.304 e. The number of H-pyrrole nitrogens is 1. The Labute approximate surface area is 191 Å². The molecule has 0 spiro atoms. The summed E-state index contributed by atoms with van der Waals surface area (Å²) in [5.74, 6) is -0.625. The largest absolute Gasteiger partial charge is 0.496 e. The fraction of sp³-hybridized carbons (Fsp3) is 0.300. The van der Waals surface area contributed by atoms with Gasteiger partial charge in [-0.05, 0) is 58.8 Å². The second-order valence-electron chi connectivity index (χ2n) is 6.77. The lowest BCUT2D eigenvalue weighted by Crippen LogP contribution is -2.21. The van der Waals surface area contributed by atoms with Gasteiger partial charge in [-0.25, -0.2) is 0 Å². The van der Waals surface area contributed by atoms with Crippen LogP contribution >= 0.6 is 15.9 Å². The zero-order chi connectivity index (χ0) is 23.6. The summed E-state index contributed by atoms with van der Waals surface area (Å²) in [5.41, 5.74) is 1.43. The number of esters is 1. The molecule has 168 valence electrons. The number of carbonyl (C=O) groups is 3. The molecule has 0 aliphatic rings. The molecule has 11 nitrogen and oxygen atoms in total. The van der Waals surface area contributed by atoms with Gasteiger partial charge in [0, 0.05) is 19.5 Å². The number of aromatic nitrogens is 5. The Bertz CT molecular complexity index is 1200. The third kappa shape index (κ3) is 4.40. The molecule has 2 aromatic heterocycles. The molecule has 0 saturated heterocycles. The third-order valence-electron chi connectivity index (χ3n) is 4.66. The van der Waals surface area contributed by atoms with Gasteiger partial charge in [0.15, 0.2) is 5.78 Å². The van der Waals surface area contributed by atoms with Gasteiger partial charge in [-0.1, -0.05) is 0 Å². The van der Waals surface area contributed by atoms with E-state index in [1.807, 2.05) is 0 Å². The van der Waals surface area contributed by atoms with Gasteiger partial charge in [0.25, 0.3) is 5.91 Å². The molecule has 1 amide bonds. The highest BCUT2D eigenvalue weighted by molar-refractivity contribution is 9.10. The van der Waals surface area contributed by atoms with E-state index in [4.69, 9.17) is 9.47 Å². The number of aromatic amines is 1. The van der Waals surface area contributed by atoms with Gasteiger partial charge in [-0.15, -0.1) is 15.0 Å². The van der Waals surface area contributed by atoms with E-state index in [1.165, 1.54) is 21.1 Å². The van der Waals surface area contributed by atoms with Crippen LogP contribution in [-0.2, 0) is 9.53 Å². The summed E-state index contributed by atoms with van der Waals surface area (Å²) >= 11 is 3.37. The average Bonchev–Trinajstić information content (AvgIpc) is 3.37. The number of carbonyl (C=O) groups excluding carboxylic acids is 3. The van der Waals surface area contributed by atoms with Gasteiger partial charge in [-0.3, -0.25) is 14.4 Å². The van der Waals surface area contributed by atoms with Crippen molar-refractivity contribution in [2.75, 3.05) is 14.2 Å². The summed E-state index contributed by atoms with van der Waals surface area (Å²) in [5, 5.41) is 14.6. The molecule has 0 aliphatic heterocycles. The van der Waals surface area contributed by atoms with Crippen molar-refractivity contribution < 1.29 is 23.9 Å². The van der Waals surface area contributed by atoms with Crippen LogP contribution in [0, 0.1) is 6.92 Å². The predicted octanol–water partition coefficient (Wildman–Crippen LogP) is 2.42. The highest BCUT2D eigenvalue weighted by Crippen LogP contribution is 2.31. The van der Waals surface area contributed by atoms with E-state index in [0.717, 1.165) is 4.80 Å². The molecule has 0 radical (unpaired) electrons. The molecule has 1 aromatic carbocycles. The average molecular weight is 505 g/mol. The Morgan fingerprint density at radius 2 is 2.00 bits per heavy atom. The van der Waals surface area contributed by atoms with Crippen LogP contribution in [0.5, 0.6) is 5.75 Å². The quantitative estimate of drug-likeness (QED) is 0.369. The Kier molecular flexibility index (Phi) is 6.72. The van der Waals surface area contributed by atoms with Crippen LogP contribution in [0.2, 0.25) is 0 Å². The number of methoxy groups -OCH3 is 1. The molecule has 0 saturated carbocycles. The third-order valence-corrected chi connectivity index (χ3v) is 5.28. The number of ether oxygens (including phenoxy) is 2. The van der Waals surface area contributed by atoms with Crippen molar-refractivity contribution in [1.82, 2.24) is 30.5 Å². The van der Waals surface area contributed by atoms with Crippen LogP contribution in [0.25, 0.3) is 11.5 Å². The standard InChI is InChI=1S/C20H21BrN6O5/c1-9-15(18(29)12-6-7-14(31-5)13(21)8-12)17(20(30)22-4)23-16(9)19-24-26-27(25-19)10(2)32-11(3)28/h6-8,10,23H,1-5H3,(H,22,30). The molecule has 0 bridgehead atoms. The van der Waals surface area contributed by atoms with Gasteiger partial charge >= 0.3 is 5.97 Å². The number of benzene rings is 1. The number of hydrogen-bond acceptors (Lipinski definition) is 8. The number of ketones is 1. The Morgan fingerprint density at radius 1 is 1.28 bits per heavy atom. The van der Waals surface area contributed by atoms with Gasteiger partial charge in [0.05, 0.1) is 22.8 Å². The first-order chi connectivity index (χ1) is 15.2. The first-order valence-electron chi connectivity index (χ1n) is 9.47. The van der Waals surface area contributed by atoms with E-state index in [9.17, 15) is 14.4 Å². The number of hydrogen-bond donors (Lipinski definition) is 2. The molecule has 2 heterocycles. The van der Waals surface area contributed by atoms with Crippen molar-refractivity contribution in [1.29, 1.82) is 0 Å².